The molecule has 0 bridgehead atoms. The maximum absolute atomic E-state index is 11.4. The molecule has 2 aromatic rings. The molecule has 1 aliphatic rings. The molecule has 1 heterocycles. The van der Waals surface area contributed by atoms with Gasteiger partial charge in [-0.2, -0.15) is 0 Å². The molecule has 0 radical (unpaired) electrons. The number of nitrogens with zero attached hydrogens (tertiary/aromatic N) is 1. The van der Waals surface area contributed by atoms with E-state index in [2.05, 4.69) is 17.0 Å². The normalized spacial score (nSPS) is 13.4. The van der Waals surface area contributed by atoms with Crippen LogP contribution < -0.4 is 4.90 Å². The van der Waals surface area contributed by atoms with Crippen LogP contribution in [0, 0.1) is 6.92 Å². The fraction of sp³-hybridized carbons (Fsp3) is 0.188. The standard InChI is InChI=1S/C16H15NO2/c1-11-5-4-8-14(16(18)19)15(11)17-9-12-6-2-3-7-13(12)10-17/h2-8H,9-10H2,1H3,(H,18,19). The zero-order valence-corrected chi connectivity index (χ0v) is 10.8. The van der Waals surface area contributed by atoms with Gasteiger partial charge in [-0.05, 0) is 29.7 Å². The fourth-order valence-electron chi connectivity index (χ4n) is 2.74. The van der Waals surface area contributed by atoms with E-state index in [1.807, 2.05) is 25.1 Å². The van der Waals surface area contributed by atoms with Gasteiger partial charge in [-0.15, -0.1) is 0 Å². The SMILES string of the molecule is Cc1cccc(C(=O)O)c1N1Cc2ccccc2C1. The Morgan fingerprint density at radius 1 is 1.05 bits per heavy atom. The number of aromatic carboxylic acids is 1. The summed E-state index contributed by atoms with van der Waals surface area (Å²) in [6.07, 6.45) is 0. The summed E-state index contributed by atoms with van der Waals surface area (Å²) in [5.74, 6) is -0.866. The van der Waals surface area contributed by atoms with Crippen molar-refractivity contribution in [3.63, 3.8) is 0 Å². The molecule has 0 fully saturated rings. The van der Waals surface area contributed by atoms with E-state index in [9.17, 15) is 9.90 Å². The van der Waals surface area contributed by atoms with Crippen molar-refractivity contribution in [3.05, 3.63) is 64.7 Å². The van der Waals surface area contributed by atoms with Gasteiger partial charge in [0.15, 0.2) is 0 Å². The smallest absolute Gasteiger partial charge is 0.337 e. The first-order valence-electron chi connectivity index (χ1n) is 6.31. The third kappa shape index (κ3) is 1.97. The van der Waals surface area contributed by atoms with Gasteiger partial charge in [0, 0.05) is 13.1 Å². The quantitative estimate of drug-likeness (QED) is 0.893. The van der Waals surface area contributed by atoms with Crippen LogP contribution in [0.4, 0.5) is 5.69 Å². The van der Waals surface area contributed by atoms with Crippen LogP contribution in [-0.2, 0) is 13.1 Å². The van der Waals surface area contributed by atoms with Crippen LogP contribution in [0.15, 0.2) is 42.5 Å². The molecule has 2 aromatic carbocycles. The Bertz CT molecular complexity index is 624. The maximum Gasteiger partial charge on any atom is 0.337 e. The Kier molecular flexibility index (Phi) is 2.75. The summed E-state index contributed by atoms with van der Waals surface area (Å²) in [4.78, 5) is 13.5. The number of aryl methyl sites for hydroxylation is 1. The van der Waals surface area contributed by atoms with Gasteiger partial charge in [0.05, 0.1) is 11.3 Å². The molecular weight excluding hydrogens is 238 g/mol. The monoisotopic (exact) mass is 253 g/mol. The van der Waals surface area contributed by atoms with E-state index in [0.29, 0.717) is 5.56 Å². The molecule has 1 aliphatic heterocycles. The number of hydrogen-bond donors (Lipinski definition) is 1. The first-order chi connectivity index (χ1) is 9.16. The van der Waals surface area contributed by atoms with Crippen LogP contribution in [0.2, 0.25) is 0 Å². The second-order valence-electron chi connectivity index (χ2n) is 4.90. The molecule has 0 saturated heterocycles. The van der Waals surface area contributed by atoms with Crippen molar-refractivity contribution in [1.29, 1.82) is 0 Å². The van der Waals surface area contributed by atoms with Crippen molar-refractivity contribution < 1.29 is 9.90 Å². The van der Waals surface area contributed by atoms with Crippen LogP contribution in [0.3, 0.4) is 0 Å². The number of rotatable bonds is 2. The summed E-state index contributed by atoms with van der Waals surface area (Å²) in [5, 5.41) is 9.34. The Hall–Kier alpha value is -2.29. The second-order valence-corrected chi connectivity index (χ2v) is 4.90. The average Bonchev–Trinajstić information content (AvgIpc) is 2.81. The highest BCUT2D eigenvalue weighted by Crippen LogP contribution is 2.33. The largest absolute Gasteiger partial charge is 0.478 e. The van der Waals surface area contributed by atoms with E-state index < -0.39 is 5.97 Å². The van der Waals surface area contributed by atoms with Crippen molar-refractivity contribution in [2.24, 2.45) is 0 Å². The van der Waals surface area contributed by atoms with Crippen LogP contribution >= 0.6 is 0 Å². The van der Waals surface area contributed by atoms with Gasteiger partial charge in [-0.25, -0.2) is 4.79 Å². The Morgan fingerprint density at radius 2 is 1.68 bits per heavy atom. The first kappa shape index (κ1) is 11.8. The second kappa shape index (κ2) is 4.43. The molecule has 3 nitrogen and oxygen atoms in total. The van der Waals surface area contributed by atoms with Gasteiger partial charge in [0.2, 0.25) is 0 Å². The molecule has 3 heteroatoms. The van der Waals surface area contributed by atoms with E-state index in [1.54, 1.807) is 12.1 Å². The number of carboxylic acids is 1. The number of hydrogen-bond acceptors (Lipinski definition) is 2. The van der Waals surface area contributed by atoms with E-state index in [-0.39, 0.29) is 0 Å². The van der Waals surface area contributed by atoms with Gasteiger partial charge in [-0.3, -0.25) is 0 Å². The molecule has 0 aliphatic carbocycles. The third-order valence-corrected chi connectivity index (χ3v) is 3.63. The number of para-hydroxylation sites is 1. The number of carboxylic acid groups (broad SMARTS) is 1. The fourth-order valence-corrected chi connectivity index (χ4v) is 2.74. The van der Waals surface area contributed by atoms with Crippen molar-refractivity contribution in [3.8, 4) is 0 Å². The van der Waals surface area contributed by atoms with E-state index in [4.69, 9.17) is 0 Å². The summed E-state index contributed by atoms with van der Waals surface area (Å²) >= 11 is 0. The number of anilines is 1. The molecule has 0 spiro atoms. The van der Waals surface area contributed by atoms with Crippen molar-refractivity contribution in [2.75, 3.05) is 4.90 Å². The van der Waals surface area contributed by atoms with Crippen LogP contribution in [0.1, 0.15) is 27.0 Å². The Labute approximate surface area is 112 Å². The lowest BCUT2D eigenvalue weighted by Gasteiger charge is -2.22. The summed E-state index contributed by atoms with van der Waals surface area (Å²) in [5.41, 5.74) is 4.79. The molecule has 0 saturated carbocycles. The molecule has 0 amide bonds. The number of fused-ring (bicyclic) bond motifs is 1. The van der Waals surface area contributed by atoms with E-state index in [0.717, 1.165) is 24.3 Å². The van der Waals surface area contributed by atoms with Gasteiger partial charge in [-0.1, -0.05) is 36.4 Å². The van der Waals surface area contributed by atoms with Gasteiger partial charge in [0.25, 0.3) is 0 Å². The summed E-state index contributed by atoms with van der Waals surface area (Å²) in [6.45, 7) is 3.52. The highest BCUT2D eigenvalue weighted by molar-refractivity contribution is 5.95. The molecule has 0 aromatic heterocycles. The number of benzene rings is 2. The highest BCUT2D eigenvalue weighted by atomic mass is 16.4. The molecular formula is C16H15NO2. The zero-order valence-electron chi connectivity index (χ0n) is 10.8. The Morgan fingerprint density at radius 3 is 2.26 bits per heavy atom. The molecule has 0 unspecified atom stereocenters. The van der Waals surface area contributed by atoms with E-state index >= 15 is 0 Å². The van der Waals surface area contributed by atoms with E-state index in [1.165, 1.54) is 11.1 Å². The molecule has 96 valence electrons. The molecule has 0 atom stereocenters. The van der Waals surface area contributed by atoms with Crippen molar-refractivity contribution >= 4 is 11.7 Å². The van der Waals surface area contributed by atoms with Crippen LogP contribution in [0.25, 0.3) is 0 Å². The third-order valence-electron chi connectivity index (χ3n) is 3.63. The van der Waals surface area contributed by atoms with Crippen molar-refractivity contribution in [1.82, 2.24) is 0 Å². The highest BCUT2D eigenvalue weighted by Gasteiger charge is 2.24. The first-order valence-corrected chi connectivity index (χ1v) is 6.31. The van der Waals surface area contributed by atoms with Gasteiger partial charge >= 0.3 is 5.97 Å². The lowest BCUT2D eigenvalue weighted by molar-refractivity contribution is 0.0697. The Balaban J connectivity index is 2.04. The topological polar surface area (TPSA) is 40.5 Å². The summed E-state index contributed by atoms with van der Waals surface area (Å²) < 4.78 is 0. The minimum absolute atomic E-state index is 0.382. The molecule has 3 rings (SSSR count). The van der Waals surface area contributed by atoms with Crippen molar-refractivity contribution in [2.45, 2.75) is 20.0 Å². The minimum Gasteiger partial charge on any atom is -0.478 e. The summed E-state index contributed by atoms with van der Waals surface area (Å²) in [6, 6.07) is 13.7. The molecule has 19 heavy (non-hydrogen) atoms. The van der Waals surface area contributed by atoms with Gasteiger partial charge < -0.3 is 10.0 Å². The molecule has 1 N–H and O–H groups in total. The lowest BCUT2D eigenvalue weighted by Crippen LogP contribution is -2.19. The maximum atomic E-state index is 11.4. The predicted octanol–water partition coefficient (Wildman–Crippen LogP) is 3.21. The van der Waals surface area contributed by atoms with Crippen LogP contribution in [0.5, 0.6) is 0 Å². The summed E-state index contributed by atoms with van der Waals surface area (Å²) in [7, 11) is 0. The van der Waals surface area contributed by atoms with Gasteiger partial charge in [0.1, 0.15) is 0 Å². The zero-order chi connectivity index (χ0) is 13.4. The lowest BCUT2D eigenvalue weighted by atomic mass is 10.1. The average molecular weight is 253 g/mol. The van der Waals surface area contributed by atoms with Crippen LogP contribution in [-0.4, -0.2) is 11.1 Å². The minimum atomic E-state index is -0.866. The predicted molar refractivity (Wildman–Crippen MR) is 74.5 cm³/mol. The number of carbonyl (C=O) groups is 1.